The topological polar surface area (TPSA) is 37.4 Å². The molecule has 21 heavy (non-hydrogen) atoms. The van der Waals surface area contributed by atoms with Crippen molar-refractivity contribution in [1.82, 2.24) is 0 Å². The number of rotatable bonds is 2. The van der Waals surface area contributed by atoms with Crippen molar-refractivity contribution in [2.45, 2.75) is 25.7 Å². The zero-order valence-corrected chi connectivity index (χ0v) is 12.0. The molecule has 1 aliphatic heterocycles. The number of nitrogens with zero attached hydrogens (tertiary/aromatic N) is 1. The number of para-hydroxylation sites is 1. The average molecular weight is 279 g/mol. The van der Waals surface area contributed by atoms with Gasteiger partial charge in [-0.25, -0.2) is 0 Å². The molecule has 3 nitrogen and oxygen atoms in total. The standard InChI is InChI=1S/C18H17NO2/c1-13-7-9-14(10-8-13)15-11-17(20)19(18(21)12-15)16-5-3-2-4-6-16/h2-10,15H,11-12H2,1H3. The van der Waals surface area contributed by atoms with Gasteiger partial charge in [-0.1, -0.05) is 48.0 Å². The highest BCUT2D eigenvalue weighted by Gasteiger charge is 2.34. The molecule has 2 aromatic carbocycles. The van der Waals surface area contributed by atoms with Crippen molar-refractivity contribution in [3.05, 3.63) is 65.7 Å². The van der Waals surface area contributed by atoms with Crippen molar-refractivity contribution >= 4 is 17.5 Å². The molecule has 0 bridgehead atoms. The summed E-state index contributed by atoms with van der Waals surface area (Å²) in [6.07, 6.45) is 0.757. The van der Waals surface area contributed by atoms with Gasteiger partial charge in [0.05, 0.1) is 5.69 Å². The molecule has 2 aromatic rings. The van der Waals surface area contributed by atoms with E-state index in [1.807, 2.05) is 49.4 Å². The van der Waals surface area contributed by atoms with Crippen molar-refractivity contribution in [2.24, 2.45) is 0 Å². The predicted molar refractivity (Wildman–Crippen MR) is 82.1 cm³/mol. The summed E-state index contributed by atoms with van der Waals surface area (Å²) < 4.78 is 0. The Kier molecular flexibility index (Phi) is 3.57. The number of anilines is 1. The molecule has 0 aliphatic carbocycles. The van der Waals surface area contributed by atoms with Gasteiger partial charge in [0.25, 0.3) is 0 Å². The highest BCUT2D eigenvalue weighted by molar-refractivity contribution is 6.17. The van der Waals surface area contributed by atoms with Crippen molar-refractivity contribution in [3.8, 4) is 0 Å². The van der Waals surface area contributed by atoms with Crippen LogP contribution in [-0.2, 0) is 9.59 Å². The van der Waals surface area contributed by atoms with Gasteiger partial charge in [-0.15, -0.1) is 0 Å². The van der Waals surface area contributed by atoms with E-state index in [2.05, 4.69) is 0 Å². The van der Waals surface area contributed by atoms with E-state index in [1.165, 1.54) is 10.5 Å². The van der Waals surface area contributed by atoms with Crippen LogP contribution in [0.5, 0.6) is 0 Å². The number of benzene rings is 2. The van der Waals surface area contributed by atoms with Gasteiger partial charge in [0, 0.05) is 18.8 Å². The first kappa shape index (κ1) is 13.6. The third kappa shape index (κ3) is 2.72. The fourth-order valence-electron chi connectivity index (χ4n) is 2.75. The monoisotopic (exact) mass is 279 g/mol. The first-order valence-corrected chi connectivity index (χ1v) is 7.12. The van der Waals surface area contributed by atoms with Crippen LogP contribution in [0, 0.1) is 6.92 Å². The molecule has 1 fully saturated rings. The van der Waals surface area contributed by atoms with Gasteiger partial charge in [-0.3, -0.25) is 14.5 Å². The molecular weight excluding hydrogens is 262 g/mol. The Morgan fingerprint density at radius 1 is 0.857 bits per heavy atom. The molecule has 0 aromatic heterocycles. The Morgan fingerprint density at radius 3 is 2.00 bits per heavy atom. The highest BCUT2D eigenvalue weighted by atomic mass is 16.2. The molecule has 0 spiro atoms. The van der Waals surface area contributed by atoms with Crippen molar-refractivity contribution in [3.63, 3.8) is 0 Å². The molecule has 3 heteroatoms. The van der Waals surface area contributed by atoms with Crippen LogP contribution in [0.3, 0.4) is 0 Å². The fourth-order valence-corrected chi connectivity index (χ4v) is 2.75. The molecule has 2 amide bonds. The second-order valence-electron chi connectivity index (χ2n) is 5.47. The van der Waals surface area contributed by atoms with Crippen molar-refractivity contribution < 1.29 is 9.59 Å². The number of carbonyl (C=O) groups excluding carboxylic acids is 2. The van der Waals surface area contributed by atoms with Crippen LogP contribution in [0.25, 0.3) is 0 Å². The van der Waals surface area contributed by atoms with E-state index in [0.717, 1.165) is 5.56 Å². The van der Waals surface area contributed by atoms with Gasteiger partial charge < -0.3 is 0 Å². The zero-order chi connectivity index (χ0) is 14.8. The van der Waals surface area contributed by atoms with E-state index >= 15 is 0 Å². The van der Waals surface area contributed by atoms with Crippen LogP contribution in [-0.4, -0.2) is 11.8 Å². The Labute approximate surface area is 124 Å². The lowest BCUT2D eigenvalue weighted by molar-refractivity contribution is -0.129. The fraction of sp³-hybridized carbons (Fsp3) is 0.222. The van der Waals surface area contributed by atoms with E-state index in [9.17, 15) is 9.59 Å². The van der Waals surface area contributed by atoms with Crippen LogP contribution in [0.4, 0.5) is 5.69 Å². The second-order valence-corrected chi connectivity index (χ2v) is 5.47. The Bertz CT molecular complexity index is 643. The maximum atomic E-state index is 12.4. The number of piperidine rings is 1. The molecule has 0 N–H and O–H groups in total. The maximum absolute atomic E-state index is 12.4. The molecule has 0 saturated carbocycles. The summed E-state index contributed by atoms with van der Waals surface area (Å²) >= 11 is 0. The average Bonchev–Trinajstić information content (AvgIpc) is 2.48. The number of imide groups is 1. The SMILES string of the molecule is Cc1ccc(C2CC(=O)N(c3ccccc3)C(=O)C2)cc1. The molecule has 1 aliphatic rings. The third-order valence-corrected chi connectivity index (χ3v) is 3.90. The van der Waals surface area contributed by atoms with Gasteiger partial charge in [-0.2, -0.15) is 0 Å². The highest BCUT2D eigenvalue weighted by Crippen LogP contribution is 2.32. The van der Waals surface area contributed by atoms with E-state index < -0.39 is 0 Å². The zero-order valence-electron chi connectivity index (χ0n) is 12.0. The molecule has 0 atom stereocenters. The smallest absolute Gasteiger partial charge is 0.234 e. The van der Waals surface area contributed by atoms with Crippen LogP contribution < -0.4 is 4.90 Å². The second kappa shape index (κ2) is 5.52. The summed E-state index contributed by atoms with van der Waals surface area (Å²) in [6.45, 7) is 2.03. The number of hydrogen-bond acceptors (Lipinski definition) is 2. The minimum absolute atomic E-state index is 0.00874. The van der Waals surface area contributed by atoms with Crippen molar-refractivity contribution in [2.75, 3.05) is 4.90 Å². The lowest BCUT2D eigenvalue weighted by Gasteiger charge is -2.30. The van der Waals surface area contributed by atoms with Gasteiger partial charge >= 0.3 is 0 Å². The lowest BCUT2D eigenvalue weighted by atomic mass is 9.88. The van der Waals surface area contributed by atoms with E-state index in [0.29, 0.717) is 18.5 Å². The Morgan fingerprint density at radius 2 is 1.43 bits per heavy atom. The lowest BCUT2D eigenvalue weighted by Crippen LogP contribution is -2.42. The van der Waals surface area contributed by atoms with Crippen LogP contribution in [0.1, 0.15) is 29.9 Å². The number of hydrogen-bond donors (Lipinski definition) is 0. The quantitative estimate of drug-likeness (QED) is 0.790. The first-order chi connectivity index (χ1) is 10.1. The predicted octanol–water partition coefficient (Wildman–Crippen LogP) is 3.43. The summed E-state index contributed by atoms with van der Waals surface area (Å²) in [5.74, 6) is -0.253. The molecule has 1 heterocycles. The largest absolute Gasteiger partial charge is 0.274 e. The summed E-state index contributed by atoms with van der Waals surface area (Å²) in [5, 5.41) is 0. The number of aryl methyl sites for hydroxylation is 1. The van der Waals surface area contributed by atoms with Crippen molar-refractivity contribution in [1.29, 1.82) is 0 Å². The maximum Gasteiger partial charge on any atom is 0.234 e. The third-order valence-electron chi connectivity index (χ3n) is 3.90. The summed E-state index contributed by atoms with van der Waals surface area (Å²) in [6, 6.07) is 17.2. The molecule has 1 saturated heterocycles. The number of carbonyl (C=O) groups is 2. The minimum Gasteiger partial charge on any atom is -0.274 e. The summed E-state index contributed by atoms with van der Waals surface area (Å²) in [4.78, 5) is 26.0. The van der Waals surface area contributed by atoms with Gasteiger partial charge in [0.1, 0.15) is 0 Å². The summed E-state index contributed by atoms with van der Waals surface area (Å²) in [5.41, 5.74) is 2.91. The molecular formula is C18H17NO2. The van der Waals surface area contributed by atoms with Crippen LogP contribution in [0.15, 0.2) is 54.6 Å². The summed E-state index contributed by atoms with van der Waals surface area (Å²) in [7, 11) is 0. The number of amides is 2. The van der Waals surface area contributed by atoms with Crippen LogP contribution in [0.2, 0.25) is 0 Å². The first-order valence-electron chi connectivity index (χ1n) is 7.12. The Balaban J connectivity index is 1.83. The Hall–Kier alpha value is -2.42. The normalized spacial score (nSPS) is 16.3. The van der Waals surface area contributed by atoms with E-state index in [4.69, 9.17) is 0 Å². The molecule has 106 valence electrons. The van der Waals surface area contributed by atoms with E-state index in [1.54, 1.807) is 12.1 Å². The van der Waals surface area contributed by atoms with Gasteiger partial charge in [0.2, 0.25) is 11.8 Å². The van der Waals surface area contributed by atoms with Gasteiger partial charge in [-0.05, 0) is 24.6 Å². The molecule has 0 unspecified atom stereocenters. The molecule has 0 radical (unpaired) electrons. The van der Waals surface area contributed by atoms with Gasteiger partial charge in [0.15, 0.2) is 0 Å². The van der Waals surface area contributed by atoms with Crippen LogP contribution >= 0.6 is 0 Å². The van der Waals surface area contributed by atoms with E-state index in [-0.39, 0.29) is 17.7 Å². The minimum atomic E-state index is -0.122. The molecule has 3 rings (SSSR count).